The fraction of sp³-hybridized carbons (Fsp3) is 0.692. The maximum Gasteiger partial charge on any atom is 0.407 e. The number of fused-ring (bicyclic) bond motifs is 2. The van der Waals surface area contributed by atoms with Crippen molar-refractivity contribution in [2.45, 2.75) is 38.8 Å². The second-order valence-electron chi connectivity index (χ2n) is 5.98. The molecule has 2 aliphatic carbocycles. The zero-order valence-corrected chi connectivity index (χ0v) is 10.8. The third-order valence-corrected chi connectivity index (χ3v) is 3.43. The monoisotopic (exact) mass is 253 g/mol. The van der Waals surface area contributed by atoms with E-state index in [9.17, 15) is 14.7 Å². The molecule has 2 aliphatic rings. The van der Waals surface area contributed by atoms with E-state index in [4.69, 9.17) is 4.74 Å². The quantitative estimate of drug-likeness (QED) is 0.736. The van der Waals surface area contributed by atoms with E-state index in [2.05, 4.69) is 5.32 Å². The van der Waals surface area contributed by atoms with Gasteiger partial charge in [0.05, 0.1) is 12.0 Å². The van der Waals surface area contributed by atoms with Crippen LogP contribution in [0.25, 0.3) is 0 Å². The van der Waals surface area contributed by atoms with Gasteiger partial charge < -0.3 is 15.2 Å². The number of carbonyl (C=O) groups is 2. The van der Waals surface area contributed by atoms with Crippen LogP contribution in [0.3, 0.4) is 0 Å². The molecule has 0 aromatic rings. The summed E-state index contributed by atoms with van der Waals surface area (Å²) in [5, 5.41) is 11.9. The van der Waals surface area contributed by atoms with Crippen molar-refractivity contribution < 1.29 is 19.4 Å². The lowest BCUT2D eigenvalue weighted by Crippen LogP contribution is -2.47. The number of carboxylic acids is 1. The lowest BCUT2D eigenvalue weighted by molar-refractivity contribution is -0.143. The molecule has 1 fully saturated rings. The first-order chi connectivity index (χ1) is 8.28. The van der Waals surface area contributed by atoms with Gasteiger partial charge in [0.2, 0.25) is 0 Å². The number of amides is 1. The Bertz CT molecular complexity index is 396. The molecule has 1 saturated carbocycles. The number of ether oxygens (including phenoxy) is 1. The van der Waals surface area contributed by atoms with E-state index in [1.54, 1.807) is 20.8 Å². The van der Waals surface area contributed by atoms with Crippen LogP contribution in [-0.4, -0.2) is 28.8 Å². The summed E-state index contributed by atoms with van der Waals surface area (Å²) in [4.78, 5) is 23.0. The van der Waals surface area contributed by atoms with Crippen molar-refractivity contribution in [2.75, 3.05) is 0 Å². The first kappa shape index (κ1) is 12.9. The van der Waals surface area contributed by atoms with Crippen molar-refractivity contribution in [3.63, 3.8) is 0 Å². The van der Waals surface area contributed by atoms with Crippen molar-refractivity contribution in [1.29, 1.82) is 0 Å². The molecule has 5 heteroatoms. The van der Waals surface area contributed by atoms with E-state index in [1.807, 2.05) is 12.2 Å². The Labute approximate surface area is 106 Å². The van der Waals surface area contributed by atoms with Gasteiger partial charge in [-0.15, -0.1) is 0 Å². The fourth-order valence-electron chi connectivity index (χ4n) is 2.80. The fourth-order valence-corrected chi connectivity index (χ4v) is 2.80. The van der Waals surface area contributed by atoms with Crippen molar-refractivity contribution in [1.82, 2.24) is 5.32 Å². The summed E-state index contributed by atoms with van der Waals surface area (Å²) in [6.45, 7) is 5.34. The highest BCUT2D eigenvalue weighted by molar-refractivity contribution is 5.75. The van der Waals surface area contributed by atoms with Crippen LogP contribution >= 0.6 is 0 Å². The molecule has 0 aliphatic heterocycles. The summed E-state index contributed by atoms with van der Waals surface area (Å²) in [5.41, 5.74) is -0.573. The molecule has 0 aromatic heterocycles. The maximum absolute atomic E-state index is 11.7. The first-order valence-corrected chi connectivity index (χ1v) is 6.18. The highest BCUT2D eigenvalue weighted by atomic mass is 16.6. The minimum absolute atomic E-state index is 0.0347. The van der Waals surface area contributed by atoms with Crippen molar-refractivity contribution in [3.05, 3.63) is 12.2 Å². The van der Waals surface area contributed by atoms with E-state index in [1.165, 1.54) is 0 Å². The van der Waals surface area contributed by atoms with Gasteiger partial charge in [0, 0.05) is 0 Å². The molecule has 2 N–H and O–H groups in total. The summed E-state index contributed by atoms with van der Waals surface area (Å²) in [6.07, 6.45) is 4.19. The summed E-state index contributed by atoms with van der Waals surface area (Å²) in [7, 11) is 0. The third kappa shape index (κ3) is 2.49. The van der Waals surface area contributed by atoms with E-state index < -0.39 is 23.6 Å². The van der Waals surface area contributed by atoms with Gasteiger partial charge in [-0.2, -0.15) is 0 Å². The second-order valence-corrected chi connectivity index (χ2v) is 5.98. The molecular weight excluding hydrogens is 234 g/mol. The Morgan fingerprint density at radius 1 is 1.28 bits per heavy atom. The summed E-state index contributed by atoms with van der Waals surface area (Å²) in [6, 6.07) is -0.354. The van der Waals surface area contributed by atoms with Crippen molar-refractivity contribution in [2.24, 2.45) is 17.8 Å². The SMILES string of the molecule is CC(C)(C)OC(=O)N[C@@H]1[C@@H](C(=O)O)[C@H]2C=C[C@H]1C2. The smallest absolute Gasteiger partial charge is 0.407 e. The minimum atomic E-state index is -0.854. The number of carboxylic acid groups (broad SMARTS) is 1. The second kappa shape index (κ2) is 4.30. The van der Waals surface area contributed by atoms with Gasteiger partial charge in [-0.3, -0.25) is 4.79 Å². The van der Waals surface area contributed by atoms with E-state index >= 15 is 0 Å². The zero-order valence-electron chi connectivity index (χ0n) is 10.8. The Morgan fingerprint density at radius 3 is 2.44 bits per heavy atom. The van der Waals surface area contributed by atoms with E-state index in [-0.39, 0.29) is 17.9 Å². The Morgan fingerprint density at radius 2 is 1.89 bits per heavy atom. The van der Waals surface area contributed by atoms with Gasteiger partial charge >= 0.3 is 12.1 Å². The van der Waals surface area contributed by atoms with E-state index in [0.29, 0.717) is 0 Å². The average molecular weight is 253 g/mol. The molecule has 0 spiro atoms. The number of alkyl carbamates (subject to hydrolysis) is 1. The Kier molecular flexibility index (Phi) is 3.09. The highest BCUT2D eigenvalue weighted by Crippen LogP contribution is 2.43. The van der Waals surface area contributed by atoms with Crippen LogP contribution in [0.1, 0.15) is 27.2 Å². The molecule has 100 valence electrons. The van der Waals surface area contributed by atoms with Gasteiger partial charge in [-0.25, -0.2) is 4.79 Å². The van der Waals surface area contributed by atoms with Gasteiger partial charge in [0.25, 0.3) is 0 Å². The molecule has 0 heterocycles. The molecule has 4 atom stereocenters. The van der Waals surface area contributed by atoms with Gasteiger partial charge in [0.1, 0.15) is 5.60 Å². The molecule has 0 saturated heterocycles. The molecule has 0 unspecified atom stereocenters. The predicted octanol–water partition coefficient (Wildman–Crippen LogP) is 1.79. The molecule has 2 rings (SSSR count). The molecule has 5 nitrogen and oxygen atoms in total. The molecule has 0 radical (unpaired) electrons. The first-order valence-electron chi connectivity index (χ1n) is 6.18. The van der Waals surface area contributed by atoms with Crippen LogP contribution < -0.4 is 5.32 Å². The summed E-state index contributed by atoms with van der Waals surface area (Å²) in [5.74, 6) is -1.24. The number of rotatable bonds is 2. The molecule has 0 aromatic carbocycles. The molecular formula is C13H19NO4. The van der Waals surface area contributed by atoms with Crippen LogP contribution in [0.2, 0.25) is 0 Å². The summed E-state index contributed by atoms with van der Waals surface area (Å²) < 4.78 is 5.17. The number of allylic oxidation sites excluding steroid dienone is 1. The number of nitrogens with one attached hydrogen (secondary N) is 1. The lowest BCUT2D eigenvalue weighted by atomic mass is 9.89. The normalized spacial score (nSPS) is 33.5. The van der Waals surface area contributed by atoms with E-state index in [0.717, 1.165) is 6.42 Å². The minimum Gasteiger partial charge on any atom is -0.481 e. The topological polar surface area (TPSA) is 75.6 Å². The number of carbonyl (C=O) groups excluding carboxylic acids is 1. The molecule has 18 heavy (non-hydrogen) atoms. The van der Waals surface area contributed by atoms with Gasteiger partial charge in [-0.05, 0) is 39.0 Å². The zero-order chi connectivity index (χ0) is 13.5. The predicted molar refractivity (Wildman–Crippen MR) is 65.0 cm³/mol. The van der Waals surface area contributed by atoms with Gasteiger partial charge in [-0.1, -0.05) is 12.2 Å². The van der Waals surface area contributed by atoms with Crippen molar-refractivity contribution >= 4 is 12.1 Å². The van der Waals surface area contributed by atoms with Crippen LogP contribution in [0.15, 0.2) is 12.2 Å². The molecule has 2 bridgehead atoms. The van der Waals surface area contributed by atoms with Crippen LogP contribution in [-0.2, 0) is 9.53 Å². The Balaban J connectivity index is 2.02. The van der Waals surface area contributed by atoms with Crippen LogP contribution in [0.4, 0.5) is 4.79 Å². The highest BCUT2D eigenvalue weighted by Gasteiger charge is 2.49. The number of hydrogen-bond donors (Lipinski definition) is 2. The average Bonchev–Trinajstić information content (AvgIpc) is 2.73. The van der Waals surface area contributed by atoms with Crippen LogP contribution in [0, 0.1) is 17.8 Å². The van der Waals surface area contributed by atoms with Crippen molar-refractivity contribution in [3.8, 4) is 0 Å². The maximum atomic E-state index is 11.7. The largest absolute Gasteiger partial charge is 0.481 e. The number of hydrogen-bond acceptors (Lipinski definition) is 3. The summed E-state index contributed by atoms with van der Waals surface area (Å²) >= 11 is 0. The van der Waals surface area contributed by atoms with Crippen LogP contribution in [0.5, 0.6) is 0 Å². The lowest BCUT2D eigenvalue weighted by Gasteiger charge is -2.27. The number of aliphatic carboxylic acids is 1. The van der Waals surface area contributed by atoms with Gasteiger partial charge in [0.15, 0.2) is 0 Å². The third-order valence-electron chi connectivity index (χ3n) is 3.43. The Hall–Kier alpha value is -1.52. The standard InChI is InChI=1S/C13H19NO4/c1-13(2,3)18-12(17)14-10-8-5-4-7(6-8)9(10)11(15)16/h4-5,7-10H,6H2,1-3H3,(H,14,17)(H,15,16)/t7-,8-,9-,10-/m0/s1. The molecule has 1 amide bonds.